The summed E-state index contributed by atoms with van der Waals surface area (Å²) in [4.78, 5) is 10.7. The molecule has 5 heteroatoms. The summed E-state index contributed by atoms with van der Waals surface area (Å²) in [6.45, 7) is 1.87. The van der Waals surface area contributed by atoms with Crippen LogP contribution in [0.5, 0.6) is 0 Å². The Bertz CT molecular complexity index is 350. The lowest BCUT2D eigenvalue weighted by Gasteiger charge is -2.07. The van der Waals surface area contributed by atoms with Gasteiger partial charge in [-0.1, -0.05) is 0 Å². The number of aryl methyl sites for hydroxylation is 1. The third kappa shape index (κ3) is 1.78. The van der Waals surface area contributed by atoms with Gasteiger partial charge in [-0.2, -0.15) is 0 Å². The summed E-state index contributed by atoms with van der Waals surface area (Å²) in [5.41, 5.74) is 0. The maximum Gasteiger partial charge on any atom is 0.321 e. The van der Waals surface area contributed by atoms with E-state index in [2.05, 4.69) is 5.32 Å². The van der Waals surface area contributed by atoms with Gasteiger partial charge in [0.2, 0.25) is 0 Å². The first-order chi connectivity index (χ1) is 6.66. The van der Waals surface area contributed by atoms with Gasteiger partial charge < -0.3 is 9.52 Å². The molecule has 0 saturated carbocycles. The Morgan fingerprint density at radius 3 is 3.00 bits per heavy atom. The molecule has 1 aliphatic rings. The number of aliphatic carboxylic acids is 1. The van der Waals surface area contributed by atoms with Crippen molar-refractivity contribution >= 4 is 17.7 Å². The minimum absolute atomic E-state index is 0.0233. The number of furan rings is 1. The molecular formula is C9H11NO3S. The summed E-state index contributed by atoms with van der Waals surface area (Å²) in [6, 6.07) is 3.30. The van der Waals surface area contributed by atoms with E-state index in [4.69, 9.17) is 9.52 Å². The van der Waals surface area contributed by atoms with E-state index < -0.39 is 12.0 Å². The van der Waals surface area contributed by atoms with Crippen molar-refractivity contribution < 1.29 is 14.3 Å². The average Bonchev–Trinajstić information content (AvgIpc) is 2.70. The predicted octanol–water partition coefficient (Wildman–Crippen LogP) is 1.38. The molecule has 2 N–H and O–H groups in total. The van der Waals surface area contributed by atoms with Crippen LogP contribution in [0.25, 0.3) is 0 Å². The Morgan fingerprint density at radius 1 is 1.71 bits per heavy atom. The molecular weight excluding hydrogens is 202 g/mol. The fraction of sp³-hybridized carbons (Fsp3) is 0.444. The quantitative estimate of drug-likeness (QED) is 0.777. The van der Waals surface area contributed by atoms with Crippen LogP contribution in [-0.4, -0.2) is 22.9 Å². The summed E-state index contributed by atoms with van der Waals surface area (Å²) in [6.07, 6.45) is 0. The number of thioether (sulfide) groups is 1. The van der Waals surface area contributed by atoms with Gasteiger partial charge in [0.05, 0.1) is 0 Å². The van der Waals surface area contributed by atoms with Gasteiger partial charge in [0.1, 0.15) is 22.9 Å². The zero-order chi connectivity index (χ0) is 10.1. The fourth-order valence-electron chi connectivity index (χ4n) is 1.37. The molecule has 76 valence electrons. The maximum atomic E-state index is 10.7. The largest absolute Gasteiger partial charge is 0.480 e. The van der Waals surface area contributed by atoms with Crippen molar-refractivity contribution in [2.75, 3.05) is 5.75 Å². The molecule has 0 unspecified atom stereocenters. The second-order valence-corrected chi connectivity index (χ2v) is 4.36. The minimum atomic E-state index is -0.803. The first-order valence-electron chi connectivity index (χ1n) is 4.33. The number of carboxylic acid groups (broad SMARTS) is 1. The van der Waals surface area contributed by atoms with Crippen LogP contribution in [0, 0.1) is 6.92 Å². The molecule has 2 atom stereocenters. The van der Waals surface area contributed by atoms with E-state index >= 15 is 0 Å². The molecule has 0 spiro atoms. The lowest BCUT2D eigenvalue weighted by molar-refractivity contribution is -0.138. The van der Waals surface area contributed by atoms with Crippen molar-refractivity contribution in [3.8, 4) is 0 Å². The minimum Gasteiger partial charge on any atom is -0.480 e. The highest BCUT2D eigenvalue weighted by atomic mass is 32.2. The molecule has 0 aromatic carbocycles. The number of carbonyl (C=O) groups is 1. The number of carboxylic acids is 1. The van der Waals surface area contributed by atoms with E-state index in [0.717, 1.165) is 11.5 Å². The Kier molecular flexibility index (Phi) is 2.52. The Labute approximate surface area is 85.7 Å². The lowest BCUT2D eigenvalue weighted by Crippen LogP contribution is -2.33. The molecule has 1 aromatic heterocycles. The average molecular weight is 213 g/mol. The third-order valence-corrected chi connectivity index (χ3v) is 3.33. The second kappa shape index (κ2) is 3.67. The van der Waals surface area contributed by atoms with Crippen molar-refractivity contribution in [2.45, 2.75) is 18.3 Å². The van der Waals surface area contributed by atoms with Crippen LogP contribution in [0.4, 0.5) is 0 Å². The first-order valence-corrected chi connectivity index (χ1v) is 5.38. The van der Waals surface area contributed by atoms with Crippen molar-refractivity contribution in [2.24, 2.45) is 0 Å². The zero-order valence-corrected chi connectivity index (χ0v) is 8.50. The third-order valence-electron chi connectivity index (χ3n) is 2.10. The molecule has 4 nitrogen and oxygen atoms in total. The molecule has 1 fully saturated rings. The van der Waals surface area contributed by atoms with Crippen LogP contribution in [-0.2, 0) is 4.79 Å². The fourth-order valence-corrected chi connectivity index (χ4v) is 2.55. The highest BCUT2D eigenvalue weighted by Gasteiger charge is 2.31. The number of rotatable bonds is 2. The lowest BCUT2D eigenvalue weighted by atomic mass is 10.3. The van der Waals surface area contributed by atoms with Gasteiger partial charge >= 0.3 is 5.97 Å². The molecule has 0 aliphatic carbocycles. The Morgan fingerprint density at radius 2 is 2.50 bits per heavy atom. The second-order valence-electron chi connectivity index (χ2n) is 3.22. The van der Waals surface area contributed by atoms with Crippen LogP contribution in [0.3, 0.4) is 0 Å². The Hall–Kier alpha value is -0.940. The number of hydrogen-bond acceptors (Lipinski definition) is 4. The van der Waals surface area contributed by atoms with Crippen molar-refractivity contribution in [3.63, 3.8) is 0 Å². The zero-order valence-electron chi connectivity index (χ0n) is 7.69. The summed E-state index contributed by atoms with van der Waals surface area (Å²) < 4.78 is 5.42. The highest BCUT2D eigenvalue weighted by Crippen LogP contribution is 2.33. The molecule has 1 aliphatic heterocycles. The summed E-state index contributed by atoms with van der Waals surface area (Å²) in [5.74, 6) is 1.43. The van der Waals surface area contributed by atoms with E-state index in [-0.39, 0.29) is 5.37 Å². The van der Waals surface area contributed by atoms with Crippen LogP contribution in [0.2, 0.25) is 0 Å². The van der Waals surface area contributed by atoms with Crippen molar-refractivity contribution in [3.05, 3.63) is 23.7 Å². The number of nitrogens with one attached hydrogen (secondary N) is 1. The van der Waals surface area contributed by atoms with E-state index in [9.17, 15) is 4.79 Å². The monoisotopic (exact) mass is 213 g/mol. The van der Waals surface area contributed by atoms with Crippen molar-refractivity contribution in [1.82, 2.24) is 5.32 Å². The van der Waals surface area contributed by atoms with Gasteiger partial charge in [-0.25, -0.2) is 0 Å². The molecule has 1 saturated heterocycles. The first kappa shape index (κ1) is 9.61. The maximum absolute atomic E-state index is 10.7. The molecule has 2 rings (SSSR count). The molecule has 0 radical (unpaired) electrons. The molecule has 0 bridgehead atoms. The number of hydrogen-bond donors (Lipinski definition) is 2. The van der Waals surface area contributed by atoms with Crippen LogP contribution in [0.1, 0.15) is 16.9 Å². The Balaban J connectivity index is 2.05. The molecule has 2 heterocycles. The van der Waals surface area contributed by atoms with Gasteiger partial charge in [0, 0.05) is 5.75 Å². The highest BCUT2D eigenvalue weighted by molar-refractivity contribution is 7.99. The predicted molar refractivity (Wildman–Crippen MR) is 53.2 cm³/mol. The standard InChI is InChI=1S/C9H11NO3S/c1-5-2-3-7(13-5)8-10-6(4-14-8)9(11)12/h2-3,6,8,10H,4H2,1H3,(H,11,12)/t6-,8-/m1/s1. The molecule has 14 heavy (non-hydrogen) atoms. The van der Waals surface area contributed by atoms with Gasteiger partial charge in [-0.15, -0.1) is 11.8 Å². The SMILES string of the molecule is Cc1ccc([C@@H]2N[C@@H](C(=O)O)CS2)o1. The summed E-state index contributed by atoms with van der Waals surface area (Å²) in [5, 5.41) is 11.7. The van der Waals surface area contributed by atoms with E-state index in [1.165, 1.54) is 0 Å². The summed E-state index contributed by atoms with van der Waals surface area (Å²) >= 11 is 1.56. The van der Waals surface area contributed by atoms with Crippen molar-refractivity contribution in [1.29, 1.82) is 0 Å². The van der Waals surface area contributed by atoms with Crippen LogP contribution in [0.15, 0.2) is 16.5 Å². The molecule has 1 aromatic rings. The van der Waals surface area contributed by atoms with Gasteiger partial charge in [-0.3, -0.25) is 10.1 Å². The van der Waals surface area contributed by atoms with E-state index in [0.29, 0.717) is 5.75 Å². The summed E-state index contributed by atoms with van der Waals surface area (Å²) in [7, 11) is 0. The van der Waals surface area contributed by atoms with Gasteiger partial charge in [0.25, 0.3) is 0 Å². The van der Waals surface area contributed by atoms with Crippen LogP contribution >= 0.6 is 11.8 Å². The molecule has 0 amide bonds. The topological polar surface area (TPSA) is 62.5 Å². The van der Waals surface area contributed by atoms with E-state index in [1.807, 2.05) is 19.1 Å². The van der Waals surface area contributed by atoms with Gasteiger partial charge in [0.15, 0.2) is 0 Å². The van der Waals surface area contributed by atoms with Crippen LogP contribution < -0.4 is 5.32 Å². The smallest absolute Gasteiger partial charge is 0.321 e. The van der Waals surface area contributed by atoms with Gasteiger partial charge in [-0.05, 0) is 19.1 Å². The van der Waals surface area contributed by atoms with E-state index in [1.54, 1.807) is 11.8 Å². The normalized spacial score (nSPS) is 26.6.